The van der Waals surface area contributed by atoms with E-state index in [0.29, 0.717) is 5.16 Å². The number of halogens is 4. The fourth-order valence-electron chi connectivity index (χ4n) is 1.70. The molecule has 0 radical (unpaired) electrons. The summed E-state index contributed by atoms with van der Waals surface area (Å²) in [5, 5.41) is 0.416. The number of fused-ring (bicyclic) bond motifs is 1. The molecule has 2 rings (SSSR count). The summed E-state index contributed by atoms with van der Waals surface area (Å²) in [5.74, 6) is -2.25. The van der Waals surface area contributed by atoms with Crippen LogP contribution in [0.15, 0.2) is 11.2 Å². The fraction of sp³-hybridized carbons (Fsp3) is 0.364. The Morgan fingerprint density at radius 1 is 1.42 bits per heavy atom. The van der Waals surface area contributed by atoms with Gasteiger partial charge in [-0.25, -0.2) is 22.5 Å². The third-order valence-electron chi connectivity index (χ3n) is 2.51. The number of aromatic nitrogens is 2. The van der Waals surface area contributed by atoms with E-state index < -0.39 is 30.4 Å². The second kappa shape index (κ2) is 5.28. The van der Waals surface area contributed by atoms with Crippen molar-refractivity contribution in [3.05, 3.63) is 17.7 Å². The van der Waals surface area contributed by atoms with Gasteiger partial charge in [0.25, 0.3) is 6.43 Å². The quantitative estimate of drug-likeness (QED) is 0.640. The predicted molar refractivity (Wildman–Crippen MR) is 63.9 cm³/mol. The van der Waals surface area contributed by atoms with Gasteiger partial charge in [0.05, 0.1) is 0 Å². The molecule has 19 heavy (non-hydrogen) atoms. The van der Waals surface area contributed by atoms with Crippen LogP contribution in [0.1, 0.15) is 0 Å². The molecule has 3 nitrogen and oxygen atoms in total. The number of hydrogen-bond donors (Lipinski definition) is 0. The highest BCUT2D eigenvalue weighted by molar-refractivity contribution is 7.98. The highest BCUT2D eigenvalue weighted by Crippen LogP contribution is 2.31. The summed E-state index contributed by atoms with van der Waals surface area (Å²) in [5.41, 5.74) is -0.248. The third kappa shape index (κ3) is 2.49. The summed E-state index contributed by atoms with van der Waals surface area (Å²) >= 11 is 1.22. The standard InChI is InChI=1S/C11H10F4N2OS/c1-17-10-8(15)6(18-4-7(13)14)3-5(12)9(10)16-11(17)19-2/h3,7H,4H2,1-2H3. The molecule has 1 heterocycles. The lowest BCUT2D eigenvalue weighted by Gasteiger charge is -2.08. The van der Waals surface area contributed by atoms with Gasteiger partial charge in [-0.2, -0.15) is 0 Å². The Labute approximate surface area is 110 Å². The molecule has 8 heteroatoms. The number of aryl methyl sites for hydroxylation is 1. The topological polar surface area (TPSA) is 27.1 Å². The number of imidazole rings is 1. The fourth-order valence-corrected chi connectivity index (χ4v) is 2.25. The maximum absolute atomic E-state index is 14.1. The zero-order valence-corrected chi connectivity index (χ0v) is 10.9. The second-order valence-electron chi connectivity index (χ2n) is 3.73. The van der Waals surface area contributed by atoms with Crippen LogP contribution in [-0.4, -0.2) is 28.8 Å². The SMILES string of the molecule is CSc1nc2c(F)cc(OCC(F)F)c(F)c2n1C. The Bertz CT molecular complexity index is 614. The summed E-state index contributed by atoms with van der Waals surface area (Å²) < 4.78 is 57.9. The first-order chi connectivity index (χ1) is 8.95. The lowest BCUT2D eigenvalue weighted by Crippen LogP contribution is -2.09. The van der Waals surface area contributed by atoms with E-state index in [-0.39, 0.29) is 11.0 Å². The third-order valence-corrected chi connectivity index (χ3v) is 3.24. The van der Waals surface area contributed by atoms with Crippen LogP contribution in [0.5, 0.6) is 5.75 Å². The van der Waals surface area contributed by atoms with Crippen molar-refractivity contribution in [1.29, 1.82) is 0 Å². The van der Waals surface area contributed by atoms with Crippen LogP contribution in [0.4, 0.5) is 17.6 Å². The van der Waals surface area contributed by atoms with Crippen molar-refractivity contribution in [2.24, 2.45) is 7.05 Å². The van der Waals surface area contributed by atoms with Gasteiger partial charge in [0, 0.05) is 13.1 Å². The Morgan fingerprint density at radius 2 is 2.11 bits per heavy atom. The number of alkyl halides is 2. The number of hydrogen-bond acceptors (Lipinski definition) is 3. The lowest BCUT2D eigenvalue weighted by atomic mass is 10.2. The van der Waals surface area contributed by atoms with E-state index in [1.54, 1.807) is 6.26 Å². The maximum Gasteiger partial charge on any atom is 0.272 e. The molecule has 0 bridgehead atoms. The van der Waals surface area contributed by atoms with E-state index in [1.807, 2.05) is 0 Å². The smallest absolute Gasteiger partial charge is 0.272 e. The lowest BCUT2D eigenvalue weighted by molar-refractivity contribution is 0.0798. The molecule has 2 aromatic rings. The van der Waals surface area contributed by atoms with Crippen LogP contribution in [0, 0.1) is 11.6 Å². The Hall–Kier alpha value is -1.44. The molecule has 0 aliphatic rings. The van der Waals surface area contributed by atoms with E-state index in [4.69, 9.17) is 0 Å². The molecule has 0 aliphatic heterocycles. The predicted octanol–water partition coefficient (Wildman–Crippen LogP) is 3.22. The molecule has 0 N–H and O–H groups in total. The average Bonchev–Trinajstić information content (AvgIpc) is 2.70. The van der Waals surface area contributed by atoms with Crippen LogP contribution in [0.25, 0.3) is 11.0 Å². The Morgan fingerprint density at radius 3 is 2.68 bits per heavy atom. The molecule has 1 aromatic carbocycles. The molecule has 0 atom stereocenters. The summed E-state index contributed by atoms with van der Waals surface area (Å²) in [6, 6.07) is 0.733. The normalized spacial score (nSPS) is 11.5. The zero-order chi connectivity index (χ0) is 14.2. The summed E-state index contributed by atoms with van der Waals surface area (Å²) in [7, 11) is 1.51. The van der Waals surface area contributed by atoms with Crippen molar-refractivity contribution in [3.8, 4) is 5.75 Å². The van der Waals surface area contributed by atoms with Crippen molar-refractivity contribution in [3.63, 3.8) is 0 Å². The highest BCUT2D eigenvalue weighted by atomic mass is 32.2. The number of thioether (sulfide) groups is 1. The van der Waals surface area contributed by atoms with E-state index >= 15 is 0 Å². The Kier molecular flexibility index (Phi) is 3.88. The van der Waals surface area contributed by atoms with Gasteiger partial charge in [-0.1, -0.05) is 11.8 Å². The van der Waals surface area contributed by atoms with Crippen molar-refractivity contribution >= 4 is 22.8 Å². The minimum absolute atomic E-state index is 0.103. The molecule has 0 saturated heterocycles. The van der Waals surface area contributed by atoms with E-state index in [9.17, 15) is 17.6 Å². The van der Waals surface area contributed by atoms with Crippen molar-refractivity contribution in [2.75, 3.05) is 12.9 Å². The van der Waals surface area contributed by atoms with Gasteiger partial charge in [0.1, 0.15) is 17.6 Å². The highest BCUT2D eigenvalue weighted by Gasteiger charge is 2.20. The molecular weight excluding hydrogens is 284 g/mol. The monoisotopic (exact) mass is 294 g/mol. The number of rotatable bonds is 4. The molecule has 0 saturated carbocycles. The summed E-state index contributed by atoms with van der Waals surface area (Å²) in [4.78, 5) is 3.93. The minimum Gasteiger partial charge on any atom is -0.484 e. The molecule has 0 spiro atoms. The van der Waals surface area contributed by atoms with Crippen LogP contribution in [-0.2, 0) is 7.05 Å². The van der Waals surface area contributed by atoms with Gasteiger partial charge in [0.15, 0.2) is 22.5 Å². The van der Waals surface area contributed by atoms with Crippen LogP contribution < -0.4 is 4.74 Å². The van der Waals surface area contributed by atoms with Gasteiger partial charge in [0.2, 0.25) is 0 Å². The Balaban J connectivity index is 2.57. The first kappa shape index (κ1) is 14.0. The molecule has 0 fully saturated rings. The molecule has 1 aromatic heterocycles. The van der Waals surface area contributed by atoms with E-state index in [1.165, 1.54) is 23.4 Å². The number of nitrogens with zero attached hydrogens (tertiary/aromatic N) is 2. The average molecular weight is 294 g/mol. The summed E-state index contributed by atoms with van der Waals surface area (Å²) in [6.45, 7) is -0.991. The first-order valence-electron chi connectivity index (χ1n) is 5.25. The van der Waals surface area contributed by atoms with Gasteiger partial charge >= 0.3 is 0 Å². The number of benzene rings is 1. The van der Waals surface area contributed by atoms with Crippen molar-refractivity contribution in [2.45, 2.75) is 11.6 Å². The molecule has 0 aliphatic carbocycles. The van der Waals surface area contributed by atoms with E-state index in [0.717, 1.165) is 6.07 Å². The van der Waals surface area contributed by atoms with Gasteiger partial charge in [-0.15, -0.1) is 0 Å². The van der Waals surface area contributed by atoms with Crippen LogP contribution in [0.2, 0.25) is 0 Å². The van der Waals surface area contributed by atoms with Crippen molar-refractivity contribution < 1.29 is 22.3 Å². The minimum atomic E-state index is -2.76. The van der Waals surface area contributed by atoms with Gasteiger partial charge in [-0.3, -0.25) is 0 Å². The first-order valence-corrected chi connectivity index (χ1v) is 6.47. The zero-order valence-electron chi connectivity index (χ0n) is 10.1. The molecule has 0 amide bonds. The van der Waals surface area contributed by atoms with Crippen LogP contribution >= 0.6 is 11.8 Å². The van der Waals surface area contributed by atoms with Crippen molar-refractivity contribution in [1.82, 2.24) is 9.55 Å². The van der Waals surface area contributed by atoms with Gasteiger partial charge in [-0.05, 0) is 6.26 Å². The van der Waals surface area contributed by atoms with Gasteiger partial charge < -0.3 is 9.30 Å². The maximum atomic E-state index is 14.1. The number of ether oxygens (including phenoxy) is 1. The second-order valence-corrected chi connectivity index (χ2v) is 4.50. The molecule has 0 unspecified atom stereocenters. The summed E-state index contributed by atoms with van der Waals surface area (Å²) in [6.07, 6.45) is -1.04. The largest absolute Gasteiger partial charge is 0.484 e. The molecule has 104 valence electrons. The molecular formula is C11H10F4N2OS. The van der Waals surface area contributed by atoms with Crippen LogP contribution in [0.3, 0.4) is 0 Å². The van der Waals surface area contributed by atoms with E-state index in [2.05, 4.69) is 9.72 Å².